The van der Waals surface area contributed by atoms with Crippen LogP contribution >= 0.6 is 10.9 Å². The first-order valence-corrected chi connectivity index (χ1v) is 10.3. The van der Waals surface area contributed by atoms with Crippen LogP contribution in [0, 0.1) is 5.41 Å². The summed E-state index contributed by atoms with van der Waals surface area (Å²) in [4.78, 5) is 36.5. The highest BCUT2D eigenvalue weighted by Gasteiger charge is 2.31. The Morgan fingerprint density at radius 3 is 1.91 bits per heavy atom. The molecule has 0 aliphatic rings. The molecule has 0 bridgehead atoms. The van der Waals surface area contributed by atoms with Crippen molar-refractivity contribution >= 4 is 27.7 Å². The second-order valence-corrected chi connectivity index (χ2v) is 10.5. The number of carbonyl (C=O) groups is 3. The average molecular weight is 347 g/mol. The average Bonchev–Trinajstić information content (AvgIpc) is 2.37. The topological polar surface area (TPSA) is 75.3 Å². The van der Waals surface area contributed by atoms with E-state index >= 15 is 0 Å². The predicted molar refractivity (Wildman–Crippen MR) is 99.2 cm³/mol. The van der Waals surface area contributed by atoms with Crippen LogP contribution in [0.15, 0.2) is 0 Å². The molecule has 0 saturated heterocycles. The van der Waals surface area contributed by atoms with Gasteiger partial charge in [0.1, 0.15) is 0 Å². The van der Waals surface area contributed by atoms with Crippen LogP contribution in [0.1, 0.15) is 54.4 Å². The first kappa shape index (κ1) is 22.1. The van der Waals surface area contributed by atoms with Crippen LogP contribution in [0.3, 0.4) is 0 Å². The van der Waals surface area contributed by atoms with Crippen molar-refractivity contribution in [1.29, 1.82) is 0 Å². The summed E-state index contributed by atoms with van der Waals surface area (Å²) in [7, 11) is -0.657. The molecule has 0 fully saturated rings. The minimum Gasteiger partial charge on any atom is -0.345 e. The third kappa shape index (κ3) is 9.76. The summed E-state index contributed by atoms with van der Waals surface area (Å²) in [5.74, 6) is -0.254. The highest BCUT2D eigenvalue weighted by atomic mass is 32.2. The number of hydrogen-bond donors (Lipinski definition) is 3. The highest BCUT2D eigenvalue weighted by Crippen LogP contribution is 2.22. The van der Waals surface area contributed by atoms with Crippen LogP contribution in [0.4, 0.5) is 0 Å². The van der Waals surface area contributed by atoms with E-state index in [2.05, 4.69) is 10.6 Å². The minimum absolute atomic E-state index is 0.0362. The van der Waals surface area contributed by atoms with Gasteiger partial charge in [-0.25, -0.2) is 10.9 Å². The van der Waals surface area contributed by atoms with Gasteiger partial charge in [-0.1, -0.05) is 20.8 Å². The largest absolute Gasteiger partial charge is 0.345 e. The molecule has 0 rings (SSSR count). The third-order valence-electron chi connectivity index (χ3n) is 3.32. The van der Waals surface area contributed by atoms with Crippen LogP contribution in [-0.4, -0.2) is 47.4 Å². The van der Waals surface area contributed by atoms with Crippen molar-refractivity contribution in [3.05, 3.63) is 0 Å². The Labute approximate surface area is 143 Å². The fourth-order valence-electron chi connectivity index (χ4n) is 1.87. The second kappa shape index (κ2) is 8.83. The van der Waals surface area contributed by atoms with Crippen LogP contribution in [-0.2, 0) is 14.4 Å². The molecular formula is C17H34N2O3S. The molecule has 0 radical (unpaired) electrons. The molecule has 0 heterocycles. The first-order chi connectivity index (χ1) is 10.2. The van der Waals surface area contributed by atoms with E-state index in [1.54, 1.807) is 0 Å². The lowest BCUT2D eigenvalue weighted by atomic mass is 9.85. The van der Waals surface area contributed by atoms with Crippen LogP contribution < -0.4 is 10.6 Å². The minimum atomic E-state index is -0.657. The molecule has 1 unspecified atom stereocenters. The normalized spacial score (nSPS) is 14.2. The summed E-state index contributed by atoms with van der Waals surface area (Å²) in [6, 6.07) is -0.608. The van der Waals surface area contributed by atoms with Gasteiger partial charge in [-0.15, -0.1) is 0 Å². The lowest BCUT2D eigenvalue weighted by molar-refractivity contribution is -0.132. The van der Waals surface area contributed by atoms with Gasteiger partial charge in [0.05, 0.1) is 12.6 Å². The molecule has 1 atom stereocenters. The van der Waals surface area contributed by atoms with E-state index in [1.807, 2.05) is 54.1 Å². The molecule has 2 N–H and O–H groups in total. The maximum atomic E-state index is 12.5. The smallest absolute Gasteiger partial charge is 0.234 e. The van der Waals surface area contributed by atoms with Crippen molar-refractivity contribution in [3.8, 4) is 0 Å². The molecule has 0 aromatic carbocycles. The summed E-state index contributed by atoms with van der Waals surface area (Å²) in [6.45, 7) is 11.6. The second-order valence-electron chi connectivity index (χ2n) is 8.16. The Morgan fingerprint density at radius 1 is 1.00 bits per heavy atom. The summed E-state index contributed by atoms with van der Waals surface area (Å²) in [6.07, 6.45) is 4.52. The van der Waals surface area contributed by atoms with Crippen molar-refractivity contribution in [2.24, 2.45) is 5.41 Å². The van der Waals surface area contributed by atoms with Crippen molar-refractivity contribution in [3.63, 3.8) is 0 Å². The predicted octanol–water partition coefficient (Wildman–Crippen LogP) is 2.04. The molecule has 5 nitrogen and oxygen atoms in total. The molecular weight excluding hydrogens is 312 g/mol. The lowest BCUT2D eigenvalue weighted by Gasteiger charge is -2.27. The SMILES string of the molecule is C[SH](C)C(=O)CCC(NC(=O)CNC(C)(C)C)C(=O)C(C)(C)C. The van der Waals surface area contributed by atoms with Crippen molar-refractivity contribution in [2.45, 2.75) is 66.0 Å². The summed E-state index contributed by atoms with van der Waals surface area (Å²) >= 11 is 0. The zero-order valence-corrected chi connectivity index (χ0v) is 16.8. The fraction of sp³-hybridized carbons (Fsp3) is 0.824. The van der Waals surface area contributed by atoms with Gasteiger partial charge in [-0.05, 0) is 39.7 Å². The zero-order chi connectivity index (χ0) is 18.4. The van der Waals surface area contributed by atoms with Gasteiger partial charge in [0.25, 0.3) is 0 Å². The zero-order valence-electron chi connectivity index (χ0n) is 15.9. The number of amides is 1. The first-order valence-electron chi connectivity index (χ1n) is 8.03. The molecule has 136 valence electrons. The molecule has 0 aromatic rings. The Bertz CT molecular complexity index is 434. The van der Waals surface area contributed by atoms with Gasteiger partial charge in [-0.2, -0.15) is 0 Å². The van der Waals surface area contributed by atoms with Crippen molar-refractivity contribution < 1.29 is 14.4 Å². The van der Waals surface area contributed by atoms with E-state index in [0.29, 0.717) is 12.8 Å². The van der Waals surface area contributed by atoms with Crippen molar-refractivity contribution in [2.75, 3.05) is 19.1 Å². The third-order valence-corrected chi connectivity index (χ3v) is 4.54. The van der Waals surface area contributed by atoms with Crippen molar-refractivity contribution in [1.82, 2.24) is 10.6 Å². The molecule has 1 amide bonds. The van der Waals surface area contributed by atoms with Crippen LogP contribution in [0.2, 0.25) is 0 Å². The summed E-state index contributed by atoms with van der Waals surface area (Å²) < 4.78 is 0. The highest BCUT2D eigenvalue weighted by molar-refractivity contribution is 8.28. The molecule has 6 heteroatoms. The van der Waals surface area contributed by atoms with Gasteiger partial charge < -0.3 is 10.6 Å². The lowest BCUT2D eigenvalue weighted by Crippen LogP contribution is -2.50. The molecule has 0 saturated carbocycles. The molecule has 0 aliphatic carbocycles. The Hall–Kier alpha value is -0.880. The number of thiol groups is 1. The number of ketones is 1. The van der Waals surface area contributed by atoms with Gasteiger partial charge in [0.15, 0.2) is 10.9 Å². The fourth-order valence-corrected chi connectivity index (χ4v) is 2.45. The van der Waals surface area contributed by atoms with Gasteiger partial charge in [0, 0.05) is 17.4 Å². The number of hydrogen-bond acceptors (Lipinski definition) is 4. The molecule has 23 heavy (non-hydrogen) atoms. The van der Waals surface area contributed by atoms with Gasteiger partial charge in [-0.3, -0.25) is 14.4 Å². The van der Waals surface area contributed by atoms with E-state index in [1.165, 1.54) is 0 Å². The number of rotatable bonds is 7. The van der Waals surface area contributed by atoms with E-state index in [0.717, 1.165) is 0 Å². The molecule has 0 spiro atoms. The molecule has 0 aliphatic heterocycles. The van der Waals surface area contributed by atoms with E-state index < -0.39 is 22.4 Å². The van der Waals surface area contributed by atoms with E-state index in [4.69, 9.17) is 0 Å². The quantitative estimate of drug-likeness (QED) is 0.617. The Balaban J connectivity index is 4.82. The maximum Gasteiger partial charge on any atom is 0.234 e. The maximum absolute atomic E-state index is 12.5. The van der Waals surface area contributed by atoms with E-state index in [9.17, 15) is 14.4 Å². The Morgan fingerprint density at radius 2 is 1.52 bits per heavy atom. The standard InChI is InChI=1S/C17H34N2O3S/c1-16(2,3)15(22)12(9-10-14(21)23(7)8)19-13(20)11-18-17(4,5)6/h12,18,23H,9-11H2,1-8H3,(H,19,20). The van der Waals surface area contributed by atoms with Gasteiger partial charge in [0.2, 0.25) is 5.91 Å². The Kier molecular flexibility index (Phi) is 8.49. The summed E-state index contributed by atoms with van der Waals surface area (Å²) in [5, 5.41) is 6.07. The number of carbonyl (C=O) groups excluding carboxylic acids is 3. The number of nitrogens with one attached hydrogen (secondary N) is 2. The summed E-state index contributed by atoms with van der Waals surface area (Å²) in [5.41, 5.74) is -0.724. The monoisotopic (exact) mass is 346 g/mol. The van der Waals surface area contributed by atoms with Gasteiger partial charge >= 0.3 is 0 Å². The van der Waals surface area contributed by atoms with E-state index in [-0.39, 0.29) is 28.9 Å². The van der Waals surface area contributed by atoms with Crippen LogP contribution in [0.5, 0.6) is 0 Å². The molecule has 0 aromatic heterocycles. The van der Waals surface area contributed by atoms with Crippen LogP contribution in [0.25, 0.3) is 0 Å². The number of Topliss-reactive ketones (excluding diaryl/α,β-unsaturated/α-hetero) is 1.